The molecule has 0 aromatic heterocycles. The molecule has 0 aliphatic heterocycles. The SMILES string of the molecule is Cc1ccccc1CSCC(=O)NN=Cc1ccccc1. The van der Waals surface area contributed by atoms with Crippen molar-refractivity contribution in [1.82, 2.24) is 5.43 Å². The first kappa shape index (κ1) is 15.3. The average Bonchev–Trinajstić information content (AvgIpc) is 2.50. The molecule has 3 nitrogen and oxygen atoms in total. The van der Waals surface area contributed by atoms with Gasteiger partial charge in [-0.2, -0.15) is 5.10 Å². The third kappa shape index (κ3) is 5.44. The molecule has 108 valence electrons. The molecule has 1 amide bonds. The summed E-state index contributed by atoms with van der Waals surface area (Å²) in [7, 11) is 0. The number of carbonyl (C=O) groups excluding carboxylic acids is 1. The summed E-state index contributed by atoms with van der Waals surface area (Å²) in [5.41, 5.74) is 6.03. The minimum absolute atomic E-state index is 0.0826. The summed E-state index contributed by atoms with van der Waals surface area (Å²) in [6, 6.07) is 17.9. The van der Waals surface area contributed by atoms with Gasteiger partial charge in [0.2, 0.25) is 5.91 Å². The van der Waals surface area contributed by atoms with Gasteiger partial charge < -0.3 is 0 Å². The second-order valence-electron chi connectivity index (χ2n) is 4.62. The first-order valence-electron chi connectivity index (χ1n) is 6.75. The van der Waals surface area contributed by atoms with Crippen molar-refractivity contribution in [3.05, 3.63) is 71.3 Å². The van der Waals surface area contributed by atoms with E-state index in [4.69, 9.17) is 0 Å². The van der Waals surface area contributed by atoms with Crippen molar-refractivity contribution in [1.29, 1.82) is 0 Å². The van der Waals surface area contributed by atoms with Crippen LogP contribution in [0.5, 0.6) is 0 Å². The number of hydrazone groups is 1. The van der Waals surface area contributed by atoms with E-state index in [2.05, 4.69) is 29.6 Å². The van der Waals surface area contributed by atoms with Crippen LogP contribution >= 0.6 is 11.8 Å². The Bertz CT molecular complexity index is 611. The number of thioether (sulfide) groups is 1. The Labute approximate surface area is 129 Å². The van der Waals surface area contributed by atoms with Crippen molar-refractivity contribution in [2.45, 2.75) is 12.7 Å². The lowest BCUT2D eigenvalue weighted by Crippen LogP contribution is -2.19. The smallest absolute Gasteiger partial charge is 0.250 e. The molecule has 0 aliphatic rings. The highest BCUT2D eigenvalue weighted by Gasteiger charge is 2.02. The lowest BCUT2D eigenvalue weighted by molar-refractivity contribution is -0.118. The Morgan fingerprint density at radius 2 is 1.86 bits per heavy atom. The molecule has 0 unspecified atom stereocenters. The van der Waals surface area contributed by atoms with Gasteiger partial charge in [-0.15, -0.1) is 11.8 Å². The number of benzene rings is 2. The maximum absolute atomic E-state index is 11.7. The van der Waals surface area contributed by atoms with Crippen LogP contribution in [0, 0.1) is 6.92 Å². The van der Waals surface area contributed by atoms with Gasteiger partial charge in [-0.1, -0.05) is 54.6 Å². The third-order valence-corrected chi connectivity index (χ3v) is 3.94. The molecule has 0 saturated heterocycles. The zero-order chi connectivity index (χ0) is 14.9. The van der Waals surface area contributed by atoms with Crippen LogP contribution in [0.15, 0.2) is 59.7 Å². The van der Waals surface area contributed by atoms with Gasteiger partial charge in [0.05, 0.1) is 12.0 Å². The first-order valence-corrected chi connectivity index (χ1v) is 7.90. The number of hydrogen-bond acceptors (Lipinski definition) is 3. The van der Waals surface area contributed by atoms with Crippen LogP contribution in [-0.2, 0) is 10.5 Å². The minimum atomic E-state index is -0.0826. The molecule has 0 saturated carbocycles. The quantitative estimate of drug-likeness (QED) is 0.656. The predicted molar refractivity (Wildman–Crippen MR) is 89.5 cm³/mol. The molecular weight excluding hydrogens is 280 g/mol. The Hall–Kier alpha value is -2.07. The highest BCUT2D eigenvalue weighted by atomic mass is 32.2. The van der Waals surface area contributed by atoms with Gasteiger partial charge in [0, 0.05) is 5.75 Å². The van der Waals surface area contributed by atoms with Gasteiger partial charge in [0.1, 0.15) is 0 Å². The average molecular weight is 298 g/mol. The maximum Gasteiger partial charge on any atom is 0.250 e. The van der Waals surface area contributed by atoms with Crippen molar-refractivity contribution in [3.8, 4) is 0 Å². The maximum atomic E-state index is 11.7. The third-order valence-electron chi connectivity index (χ3n) is 2.95. The molecule has 0 bridgehead atoms. The molecule has 2 rings (SSSR count). The molecule has 2 aromatic carbocycles. The molecule has 21 heavy (non-hydrogen) atoms. The van der Waals surface area contributed by atoms with E-state index in [1.807, 2.05) is 42.5 Å². The second-order valence-corrected chi connectivity index (χ2v) is 5.61. The molecule has 0 atom stereocenters. The number of nitrogens with zero attached hydrogens (tertiary/aromatic N) is 1. The normalized spacial score (nSPS) is 10.7. The van der Waals surface area contributed by atoms with E-state index in [9.17, 15) is 4.79 Å². The molecular formula is C17H18N2OS. The van der Waals surface area contributed by atoms with Crippen LogP contribution in [0.3, 0.4) is 0 Å². The van der Waals surface area contributed by atoms with Crippen LogP contribution < -0.4 is 5.43 Å². The fourth-order valence-electron chi connectivity index (χ4n) is 1.78. The first-order chi connectivity index (χ1) is 10.3. The fourth-order valence-corrected chi connectivity index (χ4v) is 2.67. The highest BCUT2D eigenvalue weighted by Crippen LogP contribution is 2.15. The van der Waals surface area contributed by atoms with Crippen molar-refractivity contribution in [2.75, 3.05) is 5.75 Å². The van der Waals surface area contributed by atoms with Gasteiger partial charge in [0.15, 0.2) is 0 Å². The minimum Gasteiger partial charge on any atom is -0.272 e. The molecule has 0 fully saturated rings. The van der Waals surface area contributed by atoms with Crippen LogP contribution in [0.25, 0.3) is 0 Å². The van der Waals surface area contributed by atoms with Crippen LogP contribution in [-0.4, -0.2) is 17.9 Å². The number of carbonyl (C=O) groups is 1. The topological polar surface area (TPSA) is 41.5 Å². The van der Waals surface area contributed by atoms with E-state index >= 15 is 0 Å². The van der Waals surface area contributed by atoms with Crippen LogP contribution in [0.2, 0.25) is 0 Å². The van der Waals surface area contributed by atoms with Gasteiger partial charge in [0.25, 0.3) is 0 Å². The number of aryl methyl sites for hydroxylation is 1. The lowest BCUT2D eigenvalue weighted by Gasteiger charge is -2.04. The largest absolute Gasteiger partial charge is 0.272 e. The van der Waals surface area contributed by atoms with Crippen LogP contribution in [0.4, 0.5) is 0 Å². The summed E-state index contributed by atoms with van der Waals surface area (Å²) < 4.78 is 0. The van der Waals surface area contributed by atoms with E-state index in [1.165, 1.54) is 11.1 Å². The Kier molecular flexibility index (Phi) is 6.03. The van der Waals surface area contributed by atoms with Gasteiger partial charge >= 0.3 is 0 Å². The fraction of sp³-hybridized carbons (Fsp3) is 0.176. The number of nitrogens with one attached hydrogen (secondary N) is 1. The van der Waals surface area contributed by atoms with Crippen molar-refractivity contribution in [3.63, 3.8) is 0 Å². The van der Waals surface area contributed by atoms with E-state index < -0.39 is 0 Å². The predicted octanol–water partition coefficient (Wildman–Crippen LogP) is 3.38. The van der Waals surface area contributed by atoms with E-state index in [1.54, 1.807) is 18.0 Å². The summed E-state index contributed by atoms with van der Waals surface area (Å²) >= 11 is 1.59. The summed E-state index contributed by atoms with van der Waals surface area (Å²) in [5.74, 6) is 1.16. The van der Waals surface area contributed by atoms with Gasteiger partial charge in [-0.3, -0.25) is 4.79 Å². The zero-order valence-corrected chi connectivity index (χ0v) is 12.8. The van der Waals surface area contributed by atoms with Gasteiger partial charge in [-0.25, -0.2) is 5.43 Å². The van der Waals surface area contributed by atoms with E-state index in [0.29, 0.717) is 5.75 Å². The number of hydrogen-bond donors (Lipinski definition) is 1. The Morgan fingerprint density at radius 3 is 2.62 bits per heavy atom. The summed E-state index contributed by atoms with van der Waals surface area (Å²) in [6.45, 7) is 2.08. The summed E-state index contributed by atoms with van der Waals surface area (Å²) in [4.78, 5) is 11.7. The standard InChI is InChI=1S/C17H18N2OS/c1-14-7-5-6-10-16(14)12-21-13-17(20)19-18-11-15-8-3-2-4-9-15/h2-11H,12-13H2,1H3,(H,19,20). The molecule has 0 aliphatic carbocycles. The Morgan fingerprint density at radius 1 is 1.14 bits per heavy atom. The number of rotatable bonds is 6. The summed E-state index contributed by atoms with van der Waals surface area (Å²) in [6.07, 6.45) is 1.64. The van der Waals surface area contributed by atoms with E-state index in [-0.39, 0.29) is 5.91 Å². The zero-order valence-electron chi connectivity index (χ0n) is 12.0. The second kappa shape index (κ2) is 8.27. The molecule has 1 N–H and O–H groups in total. The number of amides is 1. The van der Waals surface area contributed by atoms with Gasteiger partial charge in [-0.05, 0) is 23.6 Å². The molecule has 0 radical (unpaired) electrons. The van der Waals surface area contributed by atoms with Crippen molar-refractivity contribution in [2.24, 2.45) is 5.10 Å². The monoisotopic (exact) mass is 298 g/mol. The van der Waals surface area contributed by atoms with E-state index in [0.717, 1.165) is 11.3 Å². The highest BCUT2D eigenvalue weighted by molar-refractivity contribution is 7.99. The van der Waals surface area contributed by atoms with Crippen molar-refractivity contribution < 1.29 is 4.79 Å². The molecule has 0 heterocycles. The Balaban J connectivity index is 1.71. The lowest BCUT2D eigenvalue weighted by atomic mass is 10.1. The molecule has 2 aromatic rings. The molecule has 4 heteroatoms. The van der Waals surface area contributed by atoms with Crippen LogP contribution in [0.1, 0.15) is 16.7 Å². The molecule has 0 spiro atoms. The summed E-state index contributed by atoms with van der Waals surface area (Å²) in [5, 5.41) is 3.95. The van der Waals surface area contributed by atoms with Crippen molar-refractivity contribution >= 4 is 23.9 Å².